The summed E-state index contributed by atoms with van der Waals surface area (Å²) in [6.45, 7) is 0. The van der Waals surface area contributed by atoms with Gasteiger partial charge in [-0.05, 0) is 5.56 Å². The van der Waals surface area contributed by atoms with Crippen molar-refractivity contribution in [2.45, 2.75) is 5.75 Å². The molecule has 4 nitrogen and oxygen atoms in total. The van der Waals surface area contributed by atoms with Crippen LogP contribution in [0.15, 0.2) is 24.3 Å². The summed E-state index contributed by atoms with van der Waals surface area (Å²) < 4.78 is 33.2. The molecule has 0 aliphatic carbocycles. The fourth-order valence-electron chi connectivity index (χ4n) is 1.09. The Bertz CT molecular complexity index is 456. The first-order chi connectivity index (χ1) is 6.40. The molecule has 76 valence electrons. The number of halogens is 1. The number of hydrogen-bond acceptors (Lipinski definition) is 3. The minimum absolute atomic E-state index is 0.197. The van der Waals surface area contributed by atoms with Crippen molar-refractivity contribution in [3.05, 3.63) is 35.4 Å². The van der Waals surface area contributed by atoms with Gasteiger partial charge >= 0.3 is 10.2 Å². The summed E-state index contributed by atoms with van der Waals surface area (Å²) in [7, 11) is -4.59. The molecule has 1 rings (SSSR count). The Labute approximate surface area is 81.3 Å². The Morgan fingerprint density at radius 2 is 2.00 bits per heavy atom. The first-order valence-corrected chi connectivity index (χ1v) is 5.30. The van der Waals surface area contributed by atoms with Crippen molar-refractivity contribution in [2.75, 3.05) is 0 Å². The lowest BCUT2D eigenvalue weighted by atomic mass is 10.1. The summed E-state index contributed by atoms with van der Waals surface area (Å²) in [5.41, 5.74) is 5.64. The van der Waals surface area contributed by atoms with Crippen LogP contribution in [0.4, 0.5) is 3.89 Å². The molecule has 0 unspecified atom stereocenters. The van der Waals surface area contributed by atoms with Crippen LogP contribution in [-0.2, 0) is 16.0 Å². The van der Waals surface area contributed by atoms with Gasteiger partial charge in [0.25, 0.3) is 0 Å². The van der Waals surface area contributed by atoms with Gasteiger partial charge in [0, 0.05) is 5.56 Å². The smallest absolute Gasteiger partial charge is 0.306 e. The third kappa shape index (κ3) is 2.81. The predicted octanol–water partition coefficient (Wildman–Crippen LogP) is 0.770. The molecule has 1 aromatic carbocycles. The summed E-state index contributed by atoms with van der Waals surface area (Å²) in [6, 6.07) is 6.06. The lowest BCUT2D eigenvalue weighted by Gasteiger charge is -2.04. The molecule has 0 fully saturated rings. The van der Waals surface area contributed by atoms with Crippen molar-refractivity contribution >= 4 is 16.1 Å². The molecule has 3 N–H and O–H groups in total. The molecule has 0 radical (unpaired) electrons. The third-order valence-corrected chi connectivity index (χ3v) is 2.29. The largest absolute Gasteiger partial charge is 0.384 e. The Kier molecular flexibility index (Phi) is 2.85. The number of nitrogens with one attached hydrogen (secondary N) is 1. The van der Waals surface area contributed by atoms with Crippen LogP contribution < -0.4 is 5.73 Å². The van der Waals surface area contributed by atoms with Crippen LogP contribution in [0.1, 0.15) is 11.1 Å². The first kappa shape index (κ1) is 10.6. The van der Waals surface area contributed by atoms with Gasteiger partial charge in [-0.1, -0.05) is 24.3 Å². The number of amidine groups is 1. The second kappa shape index (κ2) is 3.75. The average Bonchev–Trinajstić information content (AvgIpc) is 2.01. The van der Waals surface area contributed by atoms with Gasteiger partial charge in [-0.25, -0.2) is 0 Å². The van der Waals surface area contributed by atoms with Gasteiger partial charge in [0.05, 0.1) is 0 Å². The van der Waals surface area contributed by atoms with Crippen molar-refractivity contribution in [3.8, 4) is 0 Å². The van der Waals surface area contributed by atoms with E-state index in [1.807, 2.05) is 0 Å². The van der Waals surface area contributed by atoms with Gasteiger partial charge in [-0.3, -0.25) is 5.41 Å². The molecule has 6 heteroatoms. The molecule has 0 spiro atoms. The Morgan fingerprint density at radius 3 is 2.50 bits per heavy atom. The lowest BCUT2D eigenvalue weighted by Crippen LogP contribution is -2.14. The highest BCUT2D eigenvalue weighted by molar-refractivity contribution is 7.85. The van der Waals surface area contributed by atoms with Gasteiger partial charge in [0.1, 0.15) is 11.6 Å². The van der Waals surface area contributed by atoms with Crippen LogP contribution in [0.5, 0.6) is 0 Å². The maximum Gasteiger partial charge on any atom is 0.306 e. The SMILES string of the molecule is N=C(N)c1ccccc1CS(=O)(=O)F. The highest BCUT2D eigenvalue weighted by Gasteiger charge is 2.13. The van der Waals surface area contributed by atoms with E-state index in [-0.39, 0.29) is 17.0 Å². The molecule has 0 aliphatic heterocycles. The van der Waals surface area contributed by atoms with Crippen molar-refractivity contribution < 1.29 is 12.3 Å². The van der Waals surface area contributed by atoms with E-state index in [2.05, 4.69) is 0 Å². The van der Waals surface area contributed by atoms with E-state index < -0.39 is 16.0 Å². The highest BCUT2D eigenvalue weighted by atomic mass is 32.3. The summed E-state index contributed by atoms with van der Waals surface area (Å²) in [6.07, 6.45) is 0. The predicted molar refractivity (Wildman–Crippen MR) is 51.2 cm³/mol. The Morgan fingerprint density at radius 1 is 1.43 bits per heavy atom. The molecule has 0 saturated heterocycles. The minimum Gasteiger partial charge on any atom is -0.384 e. The molecule has 0 amide bonds. The maximum atomic E-state index is 12.4. The van der Waals surface area contributed by atoms with E-state index in [9.17, 15) is 12.3 Å². The number of rotatable bonds is 3. The van der Waals surface area contributed by atoms with Crippen LogP contribution in [0.3, 0.4) is 0 Å². The molecule has 14 heavy (non-hydrogen) atoms. The minimum atomic E-state index is -4.59. The number of nitrogen functional groups attached to an aromatic ring is 1. The number of hydrogen-bond donors (Lipinski definition) is 2. The van der Waals surface area contributed by atoms with E-state index in [4.69, 9.17) is 11.1 Å². The summed E-state index contributed by atoms with van der Waals surface area (Å²) in [4.78, 5) is 0. The number of nitrogens with two attached hydrogens (primary N) is 1. The summed E-state index contributed by atoms with van der Waals surface area (Å²) in [5, 5.41) is 7.14. The normalized spacial score (nSPS) is 11.2. The average molecular weight is 216 g/mol. The van der Waals surface area contributed by atoms with Gasteiger partial charge in [0.15, 0.2) is 0 Å². The molecular weight excluding hydrogens is 207 g/mol. The van der Waals surface area contributed by atoms with Gasteiger partial charge in [-0.2, -0.15) is 8.42 Å². The summed E-state index contributed by atoms with van der Waals surface area (Å²) in [5.74, 6) is -1.02. The van der Waals surface area contributed by atoms with Crippen molar-refractivity contribution in [1.82, 2.24) is 0 Å². The van der Waals surface area contributed by atoms with Crippen LogP contribution in [0.25, 0.3) is 0 Å². The highest BCUT2D eigenvalue weighted by Crippen LogP contribution is 2.12. The van der Waals surface area contributed by atoms with Gasteiger partial charge in [-0.15, -0.1) is 3.89 Å². The van der Waals surface area contributed by atoms with E-state index in [0.717, 1.165) is 0 Å². The van der Waals surface area contributed by atoms with Crippen molar-refractivity contribution in [1.29, 1.82) is 5.41 Å². The van der Waals surface area contributed by atoms with E-state index in [1.54, 1.807) is 12.1 Å². The molecule has 0 aliphatic rings. The standard InChI is InChI=1S/C8H9FN2O2S/c9-14(12,13)5-6-3-1-2-4-7(6)8(10)11/h1-4H,5H2,(H3,10,11). The topological polar surface area (TPSA) is 84.0 Å². The maximum absolute atomic E-state index is 12.4. The van der Waals surface area contributed by atoms with Crippen LogP contribution in [0.2, 0.25) is 0 Å². The lowest BCUT2D eigenvalue weighted by molar-refractivity contribution is 0.551. The van der Waals surface area contributed by atoms with Crippen LogP contribution in [-0.4, -0.2) is 14.3 Å². The quantitative estimate of drug-likeness (QED) is 0.444. The Hall–Kier alpha value is -1.43. The molecule has 0 atom stereocenters. The zero-order valence-corrected chi connectivity index (χ0v) is 8.01. The number of benzene rings is 1. The summed E-state index contributed by atoms with van der Waals surface area (Å²) >= 11 is 0. The van der Waals surface area contributed by atoms with E-state index in [0.29, 0.717) is 0 Å². The molecule has 0 bridgehead atoms. The molecule has 0 heterocycles. The second-order valence-electron chi connectivity index (χ2n) is 2.75. The molecule has 0 saturated carbocycles. The first-order valence-electron chi connectivity index (χ1n) is 3.75. The third-order valence-electron chi connectivity index (χ3n) is 1.64. The van der Waals surface area contributed by atoms with E-state index in [1.165, 1.54) is 12.1 Å². The van der Waals surface area contributed by atoms with Gasteiger partial charge in [0.2, 0.25) is 0 Å². The monoisotopic (exact) mass is 216 g/mol. The fraction of sp³-hybridized carbons (Fsp3) is 0.125. The fourth-order valence-corrected chi connectivity index (χ4v) is 1.72. The van der Waals surface area contributed by atoms with Crippen molar-refractivity contribution in [2.24, 2.45) is 5.73 Å². The van der Waals surface area contributed by atoms with Crippen molar-refractivity contribution in [3.63, 3.8) is 0 Å². The van der Waals surface area contributed by atoms with E-state index >= 15 is 0 Å². The van der Waals surface area contributed by atoms with Crippen LogP contribution in [0, 0.1) is 5.41 Å². The Balaban J connectivity index is 3.15. The second-order valence-corrected chi connectivity index (χ2v) is 4.12. The zero-order valence-electron chi connectivity index (χ0n) is 7.20. The zero-order chi connectivity index (χ0) is 10.8. The van der Waals surface area contributed by atoms with Crippen LogP contribution >= 0.6 is 0 Å². The molecule has 0 aromatic heterocycles. The molecule has 1 aromatic rings. The van der Waals surface area contributed by atoms with Gasteiger partial charge < -0.3 is 5.73 Å². The molecular formula is C8H9FN2O2S.